The Morgan fingerprint density at radius 3 is 1.85 bits per heavy atom. The Morgan fingerprint density at radius 2 is 1.46 bits per heavy atom. The minimum absolute atomic E-state index is 0.108. The van der Waals surface area contributed by atoms with Gasteiger partial charge >= 0.3 is 0 Å². The van der Waals surface area contributed by atoms with E-state index >= 15 is 0 Å². The molecule has 0 heterocycles. The van der Waals surface area contributed by atoms with Crippen molar-refractivity contribution in [2.45, 2.75) is 30.8 Å². The zero-order valence-corrected chi connectivity index (χ0v) is 7.24. The van der Waals surface area contributed by atoms with E-state index in [4.69, 9.17) is 20.4 Å². The van der Waals surface area contributed by atoms with Crippen LogP contribution in [0.3, 0.4) is 0 Å². The highest BCUT2D eigenvalue weighted by Crippen LogP contribution is 2.07. The second kappa shape index (κ2) is 6.06. The first-order valence-corrected chi connectivity index (χ1v) is 3.98. The normalized spacial score (nSPS) is 20.4. The molecule has 5 heteroatoms. The van der Waals surface area contributed by atoms with E-state index in [1.165, 1.54) is 6.08 Å². The molecular formula is C8H16O5. The summed E-state index contributed by atoms with van der Waals surface area (Å²) in [4.78, 5) is 0. The number of hydrogen-bond acceptors (Lipinski definition) is 5. The first-order valence-electron chi connectivity index (χ1n) is 3.98. The summed E-state index contributed by atoms with van der Waals surface area (Å²) < 4.78 is 0. The molecule has 0 saturated heterocycles. The molecule has 5 nitrogen and oxygen atoms in total. The van der Waals surface area contributed by atoms with Crippen molar-refractivity contribution in [3.8, 4) is 0 Å². The standard InChI is InChI=1S/C8H16O5/c1-2-3-5(10)7(12)8(13)6(11)4-9/h2,5-13H,1,3-4H2/t5-,6-,7+,8+/m1/s1. The summed E-state index contributed by atoms with van der Waals surface area (Å²) in [5.74, 6) is 0. The molecule has 0 aliphatic heterocycles. The first-order chi connectivity index (χ1) is 6.04. The van der Waals surface area contributed by atoms with E-state index < -0.39 is 31.0 Å². The molecule has 0 aromatic carbocycles. The summed E-state index contributed by atoms with van der Waals surface area (Å²) in [6.07, 6.45) is -4.19. The third-order valence-electron chi connectivity index (χ3n) is 1.73. The van der Waals surface area contributed by atoms with Crippen LogP contribution in [-0.4, -0.2) is 56.6 Å². The lowest BCUT2D eigenvalue weighted by Crippen LogP contribution is -2.45. The van der Waals surface area contributed by atoms with Gasteiger partial charge in [-0.3, -0.25) is 0 Å². The maximum Gasteiger partial charge on any atom is 0.110 e. The van der Waals surface area contributed by atoms with Gasteiger partial charge in [-0.2, -0.15) is 0 Å². The maximum atomic E-state index is 9.20. The first kappa shape index (κ1) is 12.5. The molecule has 5 N–H and O–H groups in total. The van der Waals surface area contributed by atoms with E-state index in [-0.39, 0.29) is 6.42 Å². The van der Waals surface area contributed by atoms with E-state index in [2.05, 4.69) is 6.58 Å². The SMILES string of the molecule is C=CC[C@@H](O)[C@H](O)[C@@H](O)[C@H](O)CO. The second-order valence-corrected chi connectivity index (χ2v) is 2.82. The average Bonchev–Trinajstić information content (AvgIpc) is 2.14. The molecule has 0 aliphatic rings. The van der Waals surface area contributed by atoms with Crippen molar-refractivity contribution in [2.75, 3.05) is 6.61 Å². The molecule has 0 rings (SSSR count). The van der Waals surface area contributed by atoms with Crippen molar-refractivity contribution in [3.63, 3.8) is 0 Å². The third kappa shape index (κ3) is 3.84. The highest BCUT2D eigenvalue weighted by atomic mass is 16.4. The molecule has 78 valence electrons. The van der Waals surface area contributed by atoms with E-state index in [1.54, 1.807) is 0 Å². The predicted octanol–water partition coefficient (Wildman–Crippen LogP) is -2.00. The van der Waals surface area contributed by atoms with E-state index in [0.717, 1.165) is 0 Å². The van der Waals surface area contributed by atoms with Gasteiger partial charge in [0.25, 0.3) is 0 Å². The van der Waals surface area contributed by atoms with Gasteiger partial charge in [0.15, 0.2) is 0 Å². The molecule has 0 radical (unpaired) electrons. The minimum Gasteiger partial charge on any atom is -0.394 e. The number of hydrogen-bond donors (Lipinski definition) is 5. The van der Waals surface area contributed by atoms with E-state index in [9.17, 15) is 5.11 Å². The zero-order valence-electron chi connectivity index (χ0n) is 7.24. The van der Waals surface area contributed by atoms with Crippen molar-refractivity contribution >= 4 is 0 Å². The topological polar surface area (TPSA) is 101 Å². The molecule has 0 unspecified atom stereocenters. The summed E-state index contributed by atoms with van der Waals surface area (Å²) in [6, 6.07) is 0. The van der Waals surface area contributed by atoms with Gasteiger partial charge < -0.3 is 25.5 Å². The Morgan fingerprint density at radius 1 is 1.00 bits per heavy atom. The summed E-state index contributed by atoms with van der Waals surface area (Å²) in [5, 5.41) is 44.8. The Labute approximate surface area is 76.6 Å². The third-order valence-corrected chi connectivity index (χ3v) is 1.73. The molecule has 0 bridgehead atoms. The highest BCUT2D eigenvalue weighted by molar-refractivity contribution is 4.84. The van der Waals surface area contributed by atoms with Crippen LogP contribution in [0.4, 0.5) is 0 Å². The number of rotatable bonds is 6. The second-order valence-electron chi connectivity index (χ2n) is 2.82. The molecule has 13 heavy (non-hydrogen) atoms. The Balaban J connectivity index is 4.06. The predicted molar refractivity (Wildman–Crippen MR) is 45.9 cm³/mol. The van der Waals surface area contributed by atoms with Gasteiger partial charge in [0.1, 0.15) is 18.3 Å². The molecule has 4 atom stereocenters. The average molecular weight is 192 g/mol. The number of aliphatic hydroxyl groups excluding tert-OH is 5. The van der Waals surface area contributed by atoms with Crippen molar-refractivity contribution < 1.29 is 25.5 Å². The molecule has 0 saturated carbocycles. The van der Waals surface area contributed by atoms with Gasteiger partial charge in [0.05, 0.1) is 12.7 Å². The summed E-state index contributed by atoms with van der Waals surface area (Å²) in [6.45, 7) is 2.68. The van der Waals surface area contributed by atoms with Crippen LogP contribution in [0.25, 0.3) is 0 Å². The molecule has 0 aromatic heterocycles. The van der Waals surface area contributed by atoms with Crippen molar-refractivity contribution in [1.82, 2.24) is 0 Å². The van der Waals surface area contributed by atoms with Crippen LogP contribution in [0.15, 0.2) is 12.7 Å². The van der Waals surface area contributed by atoms with Crippen LogP contribution in [0, 0.1) is 0 Å². The van der Waals surface area contributed by atoms with Crippen molar-refractivity contribution in [1.29, 1.82) is 0 Å². The van der Waals surface area contributed by atoms with Gasteiger partial charge in [-0.05, 0) is 6.42 Å². The lowest BCUT2D eigenvalue weighted by molar-refractivity contribution is -0.113. The van der Waals surface area contributed by atoms with E-state index in [1.807, 2.05) is 0 Å². The van der Waals surface area contributed by atoms with Gasteiger partial charge in [0, 0.05) is 0 Å². The van der Waals surface area contributed by atoms with Crippen LogP contribution in [-0.2, 0) is 0 Å². The maximum absolute atomic E-state index is 9.20. The molecule has 0 amide bonds. The van der Waals surface area contributed by atoms with Crippen LogP contribution in [0.2, 0.25) is 0 Å². The monoisotopic (exact) mass is 192 g/mol. The van der Waals surface area contributed by atoms with Crippen molar-refractivity contribution in [3.05, 3.63) is 12.7 Å². The Kier molecular flexibility index (Phi) is 5.85. The van der Waals surface area contributed by atoms with Gasteiger partial charge in [0.2, 0.25) is 0 Å². The van der Waals surface area contributed by atoms with Gasteiger partial charge in [-0.25, -0.2) is 0 Å². The lowest BCUT2D eigenvalue weighted by Gasteiger charge is -2.24. The minimum atomic E-state index is -1.56. The number of aliphatic hydroxyl groups is 5. The van der Waals surface area contributed by atoms with Crippen LogP contribution >= 0.6 is 0 Å². The van der Waals surface area contributed by atoms with Crippen LogP contribution in [0.1, 0.15) is 6.42 Å². The smallest absolute Gasteiger partial charge is 0.110 e. The van der Waals surface area contributed by atoms with Gasteiger partial charge in [-0.1, -0.05) is 6.08 Å². The Bertz CT molecular complexity index is 149. The molecule has 0 aromatic rings. The molecule has 0 aliphatic carbocycles. The fourth-order valence-corrected chi connectivity index (χ4v) is 0.873. The fraction of sp³-hybridized carbons (Fsp3) is 0.750. The van der Waals surface area contributed by atoms with Crippen molar-refractivity contribution in [2.24, 2.45) is 0 Å². The highest BCUT2D eigenvalue weighted by Gasteiger charge is 2.28. The quantitative estimate of drug-likeness (QED) is 0.313. The summed E-state index contributed by atoms with van der Waals surface area (Å²) >= 11 is 0. The Hall–Kier alpha value is -0.460. The molecular weight excluding hydrogens is 176 g/mol. The van der Waals surface area contributed by atoms with Crippen LogP contribution < -0.4 is 0 Å². The van der Waals surface area contributed by atoms with Gasteiger partial charge in [-0.15, -0.1) is 6.58 Å². The largest absolute Gasteiger partial charge is 0.394 e. The molecule has 0 fully saturated rings. The lowest BCUT2D eigenvalue weighted by atomic mass is 10.0. The van der Waals surface area contributed by atoms with E-state index in [0.29, 0.717) is 0 Å². The fourth-order valence-electron chi connectivity index (χ4n) is 0.873. The summed E-state index contributed by atoms with van der Waals surface area (Å²) in [7, 11) is 0. The summed E-state index contributed by atoms with van der Waals surface area (Å²) in [5.41, 5.74) is 0. The zero-order chi connectivity index (χ0) is 10.4. The van der Waals surface area contributed by atoms with Crippen LogP contribution in [0.5, 0.6) is 0 Å². The molecule has 0 spiro atoms.